The Morgan fingerprint density at radius 3 is 1.54 bits per heavy atom. The van der Waals surface area contributed by atoms with E-state index in [1.165, 1.54) is 0 Å². The Hall–Kier alpha value is -1.27. The maximum absolute atomic E-state index is 11.0. The average Bonchev–Trinajstić information content (AvgIpc) is 2.65. The summed E-state index contributed by atoms with van der Waals surface area (Å²) in [5, 5.41) is 0. The number of carbonyl (C=O) groups is 2. The molecule has 0 radical (unpaired) electrons. The summed E-state index contributed by atoms with van der Waals surface area (Å²) in [6.07, 6.45) is 0.867. The van der Waals surface area contributed by atoms with Crippen LogP contribution < -0.4 is 0 Å². The first-order valence-corrected chi connectivity index (χ1v) is 14.8. The molecule has 0 saturated heterocycles. The van der Waals surface area contributed by atoms with Gasteiger partial charge in [-0.2, -0.15) is 0 Å². The van der Waals surface area contributed by atoms with Crippen LogP contribution in [0.5, 0.6) is 0 Å². The van der Waals surface area contributed by atoms with Crippen molar-refractivity contribution in [2.45, 2.75) is 52.0 Å². The van der Waals surface area contributed by atoms with Crippen LogP contribution in [-0.2, 0) is 32.3 Å². The van der Waals surface area contributed by atoms with Gasteiger partial charge in [0, 0.05) is 38.5 Å². The Morgan fingerprint density at radius 1 is 0.750 bits per heavy atom. The van der Waals surface area contributed by atoms with E-state index in [1.54, 1.807) is 35.2 Å². The van der Waals surface area contributed by atoms with Gasteiger partial charge in [-0.1, -0.05) is 13.2 Å². The number of esters is 2. The van der Waals surface area contributed by atoms with Crippen molar-refractivity contribution >= 4 is 28.8 Å². The molecule has 9 heteroatoms. The Labute approximate surface area is 172 Å². The highest BCUT2D eigenvalue weighted by Crippen LogP contribution is 2.12. The second-order valence-corrected chi connectivity index (χ2v) is 15.2. The van der Waals surface area contributed by atoms with E-state index in [4.69, 9.17) is 22.8 Å². The SMILES string of the molecule is C=C(C)C(=O)OCCC[Si](C)(C)OC.C=C(C)C(=O)OCC[Si](C)(OC)OC. The largest absolute Gasteiger partial charge is 0.462 e. The Morgan fingerprint density at radius 2 is 1.18 bits per heavy atom. The van der Waals surface area contributed by atoms with Gasteiger partial charge in [0.15, 0.2) is 8.32 Å². The van der Waals surface area contributed by atoms with Gasteiger partial charge in [-0.3, -0.25) is 0 Å². The van der Waals surface area contributed by atoms with Crippen LogP contribution >= 0.6 is 0 Å². The first-order valence-electron chi connectivity index (χ1n) is 9.15. The standard InChI is InChI=1S/C10H20O3Si.C9H18O4Si/c1-9(2)10(11)13-7-6-8-14(4,5)12-3;1-8(2)9(10)13-6-7-14(5,11-3)12-4/h1,6-8H2,2-5H3;1,6-7H2,2-5H3. The fourth-order valence-corrected chi connectivity index (χ4v) is 3.88. The van der Waals surface area contributed by atoms with Gasteiger partial charge >= 0.3 is 20.5 Å². The summed E-state index contributed by atoms with van der Waals surface area (Å²) in [6.45, 7) is 17.2. The van der Waals surface area contributed by atoms with E-state index in [1.807, 2.05) is 6.55 Å². The lowest BCUT2D eigenvalue weighted by Crippen LogP contribution is -2.37. The fraction of sp³-hybridized carbons (Fsp3) is 0.684. The molecule has 0 rings (SSSR count). The van der Waals surface area contributed by atoms with Crippen molar-refractivity contribution in [2.75, 3.05) is 34.5 Å². The van der Waals surface area contributed by atoms with Crippen LogP contribution in [0.4, 0.5) is 0 Å². The zero-order valence-electron chi connectivity index (χ0n) is 18.8. The molecule has 0 N–H and O–H groups in total. The van der Waals surface area contributed by atoms with Gasteiger partial charge in [-0.05, 0) is 46.0 Å². The number of hydrogen-bond donors (Lipinski definition) is 0. The molecular formula is C19H38O7Si2. The Balaban J connectivity index is 0. The molecule has 0 aliphatic carbocycles. The lowest BCUT2D eigenvalue weighted by molar-refractivity contribution is -0.139. The van der Waals surface area contributed by atoms with Gasteiger partial charge in [-0.15, -0.1) is 0 Å². The highest BCUT2D eigenvalue weighted by Gasteiger charge is 2.28. The second-order valence-electron chi connectivity index (χ2n) is 7.19. The minimum Gasteiger partial charge on any atom is -0.462 e. The predicted molar refractivity (Wildman–Crippen MR) is 116 cm³/mol. The molecule has 0 aliphatic heterocycles. The van der Waals surface area contributed by atoms with Gasteiger partial charge in [-0.25, -0.2) is 9.59 Å². The fourth-order valence-electron chi connectivity index (χ4n) is 1.63. The molecule has 0 spiro atoms. The van der Waals surface area contributed by atoms with E-state index in [2.05, 4.69) is 26.3 Å². The van der Waals surface area contributed by atoms with Crippen LogP contribution in [0, 0.1) is 0 Å². The zero-order valence-corrected chi connectivity index (χ0v) is 20.8. The third-order valence-corrected chi connectivity index (χ3v) is 9.56. The lowest BCUT2D eigenvalue weighted by atomic mass is 10.4. The molecule has 0 heterocycles. The van der Waals surface area contributed by atoms with Crippen LogP contribution in [-0.4, -0.2) is 63.4 Å². The van der Waals surface area contributed by atoms with Crippen LogP contribution in [0.2, 0.25) is 31.7 Å². The topological polar surface area (TPSA) is 80.3 Å². The molecule has 0 amide bonds. The molecular weight excluding hydrogens is 396 g/mol. The highest BCUT2D eigenvalue weighted by molar-refractivity contribution is 6.71. The van der Waals surface area contributed by atoms with Crippen molar-refractivity contribution in [1.82, 2.24) is 0 Å². The van der Waals surface area contributed by atoms with E-state index in [0.717, 1.165) is 12.5 Å². The summed E-state index contributed by atoms with van der Waals surface area (Å²) in [5.74, 6) is -0.671. The summed E-state index contributed by atoms with van der Waals surface area (Å²) in [5.41, 5.74) is 0.858. The molecule has 7 nitrogen and oxygen atoms in total. The van der Waals surface area contributed by atoms with Crippen molar-refractivity contribution in [3.63, 3.8) is 0 Å². The van der Waals surface area contributed by atoms with Gasteiger partial charge in [0.25, 0.3) is 0 Å². The van der Waals surface area contributed by atoms with Crippen LogP contribution in [0.3, 0.4) is 0 Å². The maximum atomic E-state index is 11.0. The molecule has 0 atom stereocenters. The molecule has 0 bridgehead atoms. The summed E-state index contributed by atoms with van der Waals surface area (Å²) in [4.78, 5) is 22.0. The maximum Gasteiger partial charge on any atom is 0.337 e. The number of ether oxygens (including phenoxy) is 2. The summed E-state index contributed by atoms with van der Waals surface area (Å²) >= 11 is 0. The molecule has 0 aromatic heterocycles. The first-order chi connectivity index (χ1) is 12.8. The van der Waals surface area contributed by atoms with Gasteiger partial charge in [0.05, 0.1) is 13.2 Å². The van der Waals surface area contributed by atoms with E-state index < -0.39 is 16.9 Å². The van der Waals surface area contributed by atoms with Crippen molar-refractivity contribution in [2.24, 2.45) is 0 Å². The third kappa shape index (κ3) is 14.7. The number of rotatable bonds is 12. The molecule has 0 fully saturated rings. The average molecular weight is 435 g/mol. The van der Waals surface area contributed by atoms with Gasteiger partial charge in [0.2, 0.25) is 0 Å². The van der Waals surface area contributed by atoms with Crippen molar-refractivity contribution in [1.29, 1.82) is 0 Å². The monoisotopic (exact) mass is 434 g/mol. The second kappa shape index (κ2) is 14.7. The van der Waals surface area contributed by atoms with E-state index >= 15 is 0 Å². The Bertz CT molecular complexity index is 514. The number of hydrogen-bond acceptors (Lipinski definition) is 7. The third-order valence-electron chi connectivity index (χ3n) is 4.06. The molecule has 0 unspecified atom stereocenters. The van der Waals surface area contributed by atoms with Crippen LogP contribution in [0.1, 0.15) is 20.3 Å². The summed E-state index contributed by atoms with van der Waals surface area (Å²) < 4.78 is 25.7. The summed E-state index contributed by atoms with van der Waals surface area (Å²) in [7, 11) is 1.36. The van der Waals surface area contributed by atoms with E-state index in [9.17, 15) is 9.59 Å². The molecule has 28 heavy (non-hydrogen) atoms. The molecule has 0 aliphatic rings. The van der Waals surface area contributed by atoms with Gasteiger partial charge in [0.1, 0.15) is 0 Å². The number of carbonyl (C=O) groups excluding carboxylic acids is 2. The van der Waals surface area contributed by atoms with Crippen LogP contribution in [0.15, 0.2) is 24.3 Å². The van der Waals surface area contributed by atoms with Crippen molar-refractivity contribution < 1.29 is 32.3 Å². The normalized spacial score (nSPS) is 11.1. The molecule has 0 saturated carbocycles. The zero-order chi connectivity index (χ0) is 22.4. The molecule has 0 aromatic carbocycles. The van der Waals surface area contributed by atoms with Gasteiger partial charge < -0.3 is 22.8 Å². The predicted octanol–water partition coefficient (Wildman–Crippen LogP) is 3.82. The minimum absolute atomic E-state index is 0.304. The van der Waals surface area contributed by atoms with Crippen molar-refractivity contribution in [3.05, 3.63) is 24.3 Å². The molecule has 164 valence electrons. The smallest absolute Gasteiger partial charge is 0.337 e. The summed E-state index contributed by atoms with van der Waals surface area (Å²) in [6, 6.07) is 1.63. The first kappa shape index (κ1) is 28.9. The van der Waals surface area contributed by atoms with Crippen LogP contribution in [0.25, 0.3) is 0 Å². The van der Waals surface area contributed by atoms with E-state index in [0.29, 0.717) is 30.4 Å². The Kier molecular flexibility index (Phi) is 15.2. The van der Waals surface area contributed by atoms with Crippen molar-refractivity contribution in [3.8, 4) is 0 Å². The van der Waals surface area contributed by atoms with E-state index in [-0.39, 0.29) is 11.9 Å². The minimum atomic E-state index is -2.11. The lowest BCUT2D eigenvalue weighted by Gasteiger charge is -2.22. The highest BCUT2D eigenvalue weighted by atomic mass is 28.4. The molecule has 0 aromatic rings. The quantitative estimate of drug-likeness (QED) is 0.200.